The van der Waals surface area contributed by atoms with E-state index in [9.17, 15) is 13.2 Å². The molecule has 1 atom stereocenters. The van der Waals surface area contributed by atoms with E-state index in [1.807, 2.05) is 0 Å². The van der Waals surface area contributed by atoms with Gasteiger partial charge in [-0.2, -0.15) is 4.72 Å². The second-order valence-corrected chi connectivity index (χ2v) is 7.04. The van der Waals surface area contributed by atoms with Crippen LogP contribution in [-0.2, 0) is 14.8 Å². The van der Waals surface area contributed by atoms with Gasteiger partial charge in [0.05, 0.1) is 23.1 Å². The summed E-state index contributed by atoms with van der Waals surface area (Å²) in [6, 6.07) is 3.45. The molecule has 1 amide bonds. The lowest BCUT2D eigenvalue weighted by molar-refractivity contribution is -0.122. The molecule has 0 radical (unpaired) electrons. The van der Waals surface area contributed by atoms with Gasteiger partial charge in [0, 0.05) is 6.04 Å². The summed E-state index contributed by atoms with van der Waals surface area (Å²) in [5, 5.41) is 2.94. The quantitative estimate of drug-likeness (QED) is 0.822. The molecule has 2 rings (SSSR count). The highest BCUT2D eigenvalue weighted by molar-refractivity contribution is 7.89. The number of methoxy groups -OCH3 is 1. The smallest absolute Gasteiger partial charge is 0.241 e. The van der Waals surface area contributed by atoms with Gasteiger partial charge >= 0.3 is 0 Å². The van der Waals surface area contributed by atoms with Crippen LogP contribution < -0.4 is 14.8 Å². The van der Waals surface area contributed by atoms with Gasteiger partial charge in [-0.3, -0.25) is 4.79 Å². The Hall–Kier alpha value is -1.31. The summed E-state index contributed by atoms with van der Waals surface area (Å²) in [5.74, 6) is 0.0517. The fourth-order valence-electron chi connectivity index (χ4n) is 1.72. The number of hydrogen-bond acceptors (Lipinski definition) is 4. The van der Waals surface area contributed by atoms with E-state index in [2.05, 4.69) is 10.0 Å². The molecular weight excluding hydrogens is 316 g/mol. The fraction of sp³-hybridized carbons (Fsp3) is 0.462. The molecule has 0 bridgehead atoms. The van der Waals surface area contributed by atoms with Gasteiger partial charge < -0.3 is 10.1 Å². The molecule has 0 aromatic heterocycles. The number of hydrogen-bond donors (Lipinski definition) is 2. The van der Waals surface area contributed by atoms with Crippen molar-refractivity contribution in [1.82, 2.24) is 10.0 Å². The highest BCUT2D eigenvalue weighted by Crippen LogP contribution is 2.27. The van der Waals surface area contributed by atoms with Gasteiger partial charge in [0.25, 0.3) is 0 Å². The van der Waals surface area contributed by atoms with Gasteiger partial charge in [0.15, 0.2) is 0 Å². The SMILES string of the molecule is COc1ccc(S(=O)(=O)N[C@H](C)C(=O)NC2CC2)cc1Cl. The number of halogens is 1. The van der Waals surface area contributed by atoms with Crippen LogP contribution in [0.4, 0.5) is 0 Å². The maximum absolute atomic E-state index is 12.2. The number of amides is 1. The zero-order valence-corrected chi connectivity index (χ0v) is 13.3. The van der Waals surface area contributed by atoms with Crippen molar-refractivity contribution in [2.75, 3.05) is 7.11 Å². The Bertz CT molecular complexity index is 644. The summed E-state index contributed by atoms with van der Waals surface area (Å²) in [6.07, 6.45) is 1.89. The number of carbonyl (C=O) groups is 1. The molecule has 1 aliphatic carbocycles. The molecule has 0 saturated heterocycles. The van der Waals surface area contributed by atoms with Crippen LogP contribution >= 0.6 is 11.6 Å². The lowest BCUT2D eigenvalue weighted by Gasteiger charge is -2.14. The van der Waals surface area contributed by atoms with Crippen LogP contribution in [0.2, 0.25) is 5.02 Å². The molecule has 21 heavy (non-hydrogen) atoms. The summed E-state index contributed by atoms with van der Waals surface area (Å²) >= 11 is 5.92. The van der Waals surface area contributed by atoms with Gasteiger partial charge in [-0.25, -0.2) is 8.42 Å². The lowest BCUT2D eigenvalue weighted by Crippen LogP contribution is -2.45. The van der Waals surface area contributed by atoms with Crippen molar-refractivity contribution in [2.45, 2.75) is 36.7 Å². The minimum atomic E-state index is -3.82. The molecule has 2 N–H and O–H groups in total. The fourth-order valence-corrected chi connectivity index (χ4v) is 3.27. The van der Waals surface area contributed by atoms with Crippen molar-refractivity contribution in [1.29, 1.82) is 0 Å². The zero-order chi connectivity index (χ0) is 15.6. The predicted octanol–water partition coefficient (Wildman–Crippen LogP) is 1.29. The number of rotatable bonds is 6. The highest BCUT2D eigenvalue weighted by Gasteiger charge is 2.28. The number of nitrogens with one attached hydrogen (secondary N) is 2. The van der Waals surface area contributed by atoms with E-state index < -0.39 is 16.1 Å². The second-order valence-electron chi connectivity index (χ2n) is 4.92. The molecular formula is C13H17ClN2O4S. The summed E-state index contributed by atoms with van der Waals surface area (Å²) < 4.78 is 31.7. The van der Waals surface area contributed by atoms with Crippen molar-refractivity contribution in [3.05, 3.63) is 23.2 Å². The van der Waals surface area contributed by atoms with Crippen LogP contribution in [-0.4, -0.2) is 33.5 Å². The van der Waals surface area contributed by atoms with E-state index in [0.717, 1.165) is 12.8 Å². The molecule has 0 spiro atoms. The topological polar surface area (TPSA) is 84.5 Å². The summed E-state index contributed by atoms with van der Waals surface area (Å²) in [5.41, 5.74) is 0. The average Bonchev–Trinajstić information content (AvgIpc) is 3.22. The van der Waals surface area contributed by atoms with E-state index in [1.54, 1.807) is 0 Å². The standard InChI is InChI=1S/C13H17ClN2O4S/c1-8(13(17)15-9-3-4-9)16-21(18,19)10-5-6-12(20-2)11(14)7-10/h5-9,16H,3-4H2,1-2H3,(H,15,17)/t8-/m1/s1. The molecule has 1 aliphatic rings. The first kappa shape index (κ1) is 16.1. The normalized spacial score (nSPS) is 16.3. The second kappa shape index (κ2) is 6.21. The third kappa shape index (κ3) is 4.09. The Kier molecular flexibility index (Phi) is 4.75. The zero-order valence-electron chi connectivity index (χ0n) is 11.7. The molecule has 0 heterocycles. The van der Waals surface area contributed by atoms with Gasteiger partial charge in [-0.05, 0) is 38.0 Å². The van der Waals surface area contributed by atoms with E-state index in [4.69, 9.17) is 16.3 Å². The first-order valence-corrected chi connectivity index (χ1v) is 8.36. The molecule has 1 saturated carbocycles. The molecule has 116 valence electrons. The molecule has 8 heteroatoms. The van der Waals surface area contributed by atoms with Crippen LogP contribution in [0.5, 0.6) is 5.75 Å². The monoisotopic (exact) mass is 332 g/mol. The Labute approximate surface area is 128 Å². The van der Waals surface area contributed by atoms with Crippen molar-refractivity contribution in [2.24, 2.45) is 0 Å². The maximum atomic E-state index is 12.2. The largest absolute Gasteiger partial charge is 0.495 e. The van der Waals surface area contributed by atoms with Crippen molar-refractivity contribution in [3.63, 3.8) is 0 Å². The Morgan fingerprint density at radius 1 is 1.43 bits per heavy atom. The molecule has 1 fully saturated rings. The molecule has 0 aliphatic heterocycles. The van der Waals surface area contributed by atoms with E-state index in [-0.39, 0.29) is 21.9 Å². The highest BCUT2D eigenvalue weighted by atomic mass is 35.5. The summed E-state index contributed by atoms with van der Waals surface area (Å²) in [6.45, 7) is 1.50. The van der Waals surface area contributed by atoms with Crippen LogP contribution in [0.3, 0.4) is 0 Å². The van der Waals surface area contributed by atoms with Gasteiger partial charge in [0.2, 0.25) is 15.9 Å². The minimum Gasteiger partial charge on any atom is -0.495 e. The predicted molar refractivity (Wildman–Crippen MR) is 79.0 cm³/mol. The van der Waals surface area contributed by atoms with Crippen molar-refractivity contribution < 1.29 is 17.9 Å². The van der Waals surface area contributed by atoms with Gasteiger partial charge in [-0.1, -0.05) is 11.6 Å². The summed E-state index contributed by atoms with van der Waals surface area (Å²) in [7, 11) is -2.38. The first-order valence-electron chi connectivity index (χ1n) is 6.49. The summed E-state index contributed by atoms with van der Waals surface area (Å²) in [4.78, 5) is 11.8. The average molecular weight is 333 g/mol. The van der Waals surface area contributed by atoms with Crippen LogP contribution in [0, 0.1) is 0 Å². The lowest BCUT2D eigenvalue weighted by atomic mass is 10.3. The third-order valence-electron chi connectivity index (χ3n) is 3.08. The number of benzene rings is 1. The minimum absolute atomic E-state index is 0.0145. The Balaban J connectivity index is 2.09. The van der Waals surface area contributed by atoms with Crippen LogP contribution in [0.15, 0.2) is 23.1 Å². The van der Waals surface area contributed by atoms with Gasteiger partial charge in [-0.15, -0.1) is 0 Å². The number of carbonyl (C=O) groups excluding carboxylic acids is 1. The van der Waals surface area contributed by atoms with Crippen molar-refractivity contribution in [3.8, 4) is 5.75 Å². The van der Waals surface area contributed by atoms with Crippen molar-refractivity contribution >= 4 is 27.5 Å². The Morgan fingerprint density at radius 3 is 2.62 bits per heavy atom. The van der Waals surface area contributed by atoms with E-state index >= 15 is 0 Å². The number of ether oxygens (including phenoxy) is 1. The maximum Gasteiger partial charge on any atom is 0.241 e. The molecule has 0 unspecified atom stereocenters. The number of sulfonamides is 1. The van der Waals surface area contributed by atoms with E-state index in [0.29, 0.717) is 5.75 Å². The van der Waals surface area contributed by atoms with E-state index in [1.165, 1.54) is 32.2 Å². The molecule has 6 nitrogen and oxygen atoms in total. The third-order valence-corrected chi connectivity index (χ3v) is 4.92. The van der Waals surface area contributed by atoms with Crippen LogP contribution in [0.1, 0.15) is 19.8 Å². The van der Waals surface area contributed by atoms with Crippen LogP contribution in [0.25, 0.3) is 0 Å². The molecule has 1 aromatic rings. The molecule has 1 aromatic carbocycles. The van der Waals surface area contributed by atoms with Gasteiger partial charge in [0.1, 0.15) is 5.75 Å². The first-order chi connectivity index (χ1) is 9.83. The Morgan fingerprint density at radius 2 is 2.10 bits per heavy atom.